The number of unbranched alkanes of at least 4 members (excludes halogenated alkanes) is 1. The van der Waals surface area contributed by atoms with Gasteiger partial charge in [0.05, 0.1) is 0 Å². The first kappa shape index (κ1) is 13.9. The molecule has 1 aromatic carbocycles. The highest BCUT2D eigenvalue weighted by molar-refractivity contribution is 5.82. The summed E-state index contributed by atoms with van der Waals surface area (Å²) in [6.45, 7) is 6.62. The molecule has 1 aromatic rings. The summed E-state index contributed by atoms with van der Waals surface area (Å²) in [7, 11) is 0. The van der Waals surface area contributed by atoms with Crippen LogP contribution in [0.25, 0.3) is 5.57 Å². The van der Waals surface area contributed by atoms with Gasteiger partial charge in [0.15, 0.2) is 0 Å². The Kier molecular flexibility index (Phi) is 4.79. The van der Waals surface area contributed by atoms with Crippen LogP contribution in [0.2, 0.25) is 0 Å². The van der Waals surface area contributed by atoms with E-state index in [9.17, 15) is 0 Å². The molecule has 0 aliphatic heterocycles. The first-order valence-corrected chi connectivity index (χ1v) is 7.39. The number of benzene rings is 1. The molecule has 0 saturated heterocycles. The van der Waals surface area contributed by atoms with Crippen molar-refractivity contribution in [3.63, 3.8) is 0 Å². The van der Waals surface area contributed by atoms with Gasteiger partial charge < -0.3 is 0 Å². The summed E-state index contributed by atoms with van der Waals surface area (Å²) in [6, 6.07) is 8.87. The topological polar surface area (TPSA) is 0 Å². The summed E-state index contributed by atoms with van der Waals surface area (Å²) >= 11 is 0. The summed E-state index contributed by atoms with van der Waals surface area (Å²) in [4.78, 5) is 0. The van der Waals surface area contributed by atoms with Gasteiger partial charge in [0, 0.05) is 0 Å². The number of hydrogen-bond donors (Lipinski definition) is 0. The van der Waals surface area contributed by atoms with Crippen LogP contribution in [-0.4, -0.2) is 0 Å². The Balaban J connectivity index is 2.54. The average molecular weight is 252 g/mol. The van der Waals surface area contributed by atoms with E-state index in [0.29, 0.717) is 0 Å². The minimum Gasteiger partial charge on any atom is -0.0874 e. The van der Waals surface area contributed by atoms with Gasteiger partial charge in [-0.2, -0.15) is 0 Å². The predicted molar refractivity (Wildman–Crippen MR) is 85.2 cm³/mol. The lowest BCUT2D eigenvalue weighted by Gasteiger charge is -2.11. The summed E-state index contributed by atoms with van der Waals surface area (Å²) in [5.74, 6) is 0. The van der Waals surface area contributed by atoms with E-state index in [1.54, 1.807) is 0 Å². The summed E-state index contributed by atoms with van der Waals surface area (Å²) < 4.78 is 0. The van der Waals surface area contributed by atoms with E-state index in [1.807, 2.05) is 0 Å². The number of aryl methyl sites for hydroxylation is 1. The summed E-state index contributed by atoms with van der Waals surface area (Å²) in [5, 5.41) is 0. The van der Waals surface area contributed by atoms with Gasteiger partial charge in [-0.15, -0.1) is 0 Å². The number of fused-ring (bicyclic) bond motifs is 1. The molecule has 0 bridgehead atoms. The maximum Gasteiger partial charge on any atom is -0.0152 e. The molecule has 100 valence electrons. The molecule has 0 nitrogen and oxygen atoms in total. The average Bonchev–Trinajstić information content (AvgIpc) is 2.56. The monoisotopic (exact) mass is 252 g/mol. The maximum atomic E-state index is 2.42. The maximum absolute atomic E-state index is 2.42. The zero-order valence-corrected chi connectivity index (χ0v) is 12.4. The zero-order chi connectivity index (χ0) is 13.7. The van der Waals surface area contributed by atoms with Gasteiger partial charge in [-0.05, 0) is 61.0 Å². The number of hydrogen-bond acceptors (Lipinski definition) is 0. The number of allylic oxidation sites excluding steroid dienone is 6. The van der Waals surface area contributed by atoms with E-state index in [1.165, 1.54) is 34.3 Å². The molecule has 0 fully saturated rings. The van der Waals surface area contributed by atoms with Crippen LogP contribution in [0.15, 0.2) is 53.6 Å². The van der Waals surface area contributed by atoms with Gasteiger partial charge in [0.2, 0.25) is 0 Å². The lowest BCUT2D eigenvalue weighted by atomic mass is 9.93. The van der Waals surface area contributed by atoms with Gasteiger partial charge in [0.1, 0.15) is 0 Å². The second kappa shape index (κ2) is 6.56. The molecule has 0 heteroatoms. The van der Waals surface area contributed by atoms with Gasteiger partial charge in [-0.25, -0.2) is 0 Å². The SMILES string of the molecule is C/C=C\C1=C(C)C(=C\CCC)/c2ccccc2CC1. The molecule has 1 aliphatic rings. The van der Waals surface area contributed by atoms with E-state index < -0.39 is 0 Å². The molecule has 0 aromatic heterocycles. The molecule has 1 aliphatic carbocycles. The van der Waals surface area contributed by atoms with Crippen LogP contribution in [0.4, 0.5) is 0 Å². The van der Waals surface area contributed by atoms with Gasteiger partial charge >= 0.3 is 0 Å². The molecule has 0 radical (unpaired) electrons. The molecule has 0 N–H and O–H groups in total. The van der Waals surface area contributed by atoms with Gasteiger partial charge in [0.25, 0.3) is 0 Å². The van der Waals surface area contributed by atoms with E-state index >= 15 is 0 Å². The fraction of sp³-hybridized carbons (Fsp3) is 0.368. The second-order valence-electron chi connectivity index (χ2n) is 5.21. The van der Waals surface area contributed by atoms with Crippen LogP contribution in [0.1, 0.15) is 51.2 Å². The van der Waals surface area contributed by atoms with Crippen LogP contribution in [-0.2, 0) is 6.42 Å². The van der Waals surface area contributed by atoms with Crippen LogP contribution in [0.3, 0.4) is 0 Å². The Morgan fingerprint density at radius 1 is 1.16 bits per heavy atom. The minimum atomic E-state index is 1.15. The van der Waals surface area contributed by atoms with E-state index in [-0.39, 0.29) is 0 Å². The van der Waals surface area contributed by atoms with Crippen molar-refractivity contribution >= 4 is 5.57 Å². The lowest BCUT2D eigenvalue weighted by Crippen LogP contribution is -1.91. The zero-order valence-electron chi connectivity index (χ0n) is 12.4. The molecular formula is C19H24. The van der Waals surface area contributed by atoms with Crippen LogP contribution in [0, 0.1) is 0 Å². The first-order valence-electron chi connectivity index (χ1n) is 7.39. The molecule has 0 unspecified atom stereocenters. The molecule has 2 rings (SSSR count). The highest BCUT2D eigenvalue weighted by Gasteiger charge is 2.15. The normalized spacial score (nSPS) is 17.9. The molecule has 0 heterocycles. The van der Waals surface area contributed by atoms with Crippen molar-refractivity contribution in [1.29, 1.82) is 0 Å². The van der Waals surface area contributed by atoms with Crippen LogP contribution in [0.5, 0.6) is 0 Å². The molecule has 0 saturated carbocycles. The highest BCUT2D eigenvalue weighted by atomic mass is 14.2. The molecular weight excluding hydrogens is 228 g/mol. The Bertz CT molecular complexity index is 527. The Labute approximate surface area is 117 Å². The Hall–Kier alpha value is -1.56. The standard InChI is InChI=1S/C19H24/c1-4-6-11-18-15(3)16(9-5-2)13-14-17-10-7-8-12-19(17)18/h5,7-12H,4,6,13-14H2,1-3H3/b9-5-,18-11+. The molecule has 19 heavy (non-hydrogen) atoms. The van der Waals surface area contributed by atoms with Crippen molar-refractivity contribution in [3.8, 4) is 0 Å². The summed E-state index contributed by atoms with van der Waals surface area (Å²) in [6.07, 6.45) is 11.5. The largest absolute Gasteiger partial charge is 0.0874 e. The highest BCUT2D eigenvalue weighted by Crippen LogP contribution is 2.34. The smallest absolute Gasteiger partial charge is 0.0152 e. The predicted octanol–water partition coefficient (Wildman–Crippen LogP) is 5.71. The van der Waals surface area contributed by atoms with Crippen LogP contribution < -0.4 is 0 Å². The Morgan fingerprint density at radius 2 is 1.95 bits per heavy atom. The van der Waals surface area contributed by atoms with Crippen molar-refractivity contribution in [1.82, 2.24) is 0 Å². The third kappa shape index (κ3) is 3.07. The fourth-order valence-corrected chi connectivity index (χ4v) is 2.79. The van der Waals surface area contributed by atoms with Gasteiger partial charge in [-0.1, -0.05) is 55.8 Å². The minimum absolute atomic E-state index is 1.15. The fourth-order valence-electron chi connectivity index (χ4n) is 2.79. The van der Waals surface area contributed by atoms with Crippen molar-refractivity contribution in [2.75, 3.05) is 0 Å². The first-order chi connectivity index (χ1) is 9.27. The van der Waals surface area contributed by atoms with E-state index in [0.717, 1.165) is 19.3 Å². The third-order valence-electron chi connectivity index (χ3n) is 3.86. The second-order valence-corrected chi connectivity index (χ2v) is 5.21. The van der Waals surface area contributed by atoms with Crippen molar-refractivity contribution < 1.29 is 0 Å². The lowest BCUT2D eigenvalue weighted by molar-refractivity contribution is 0.959. The number of rotatable bonds is 3. The summed E-state index contributed by atoms with van der Waals surface area (Å²) in [5.41, 5.74) is 7.32. The molecule has 0 amide bonds. The van der Waals surface area contributed by atoms with E-state index in [4.69, 9.17) is 0 Å². The van der Waals surface area contributed by atoms with Crippen molar-refractivity contribution in [2.24, 2.45) is 0 Å². The quantitative estimate of drug-likeness (QED) is 0.646. The molecule has 0 atom stereocenters. The van der Waals surface area contributed by atoms with Crippen molar-refractivity contribution in [2.45, 2.75) is 46.5 Å². The van der Waals surface area contributed by atoms with Gasteiger partial charge in [-0.3, -0.25) is 0 Å². The van der Waals surface area contributed by atoms with Crippen molar-refractivity contribution in [3.05, 3.63) is 64.8 Å². The Morgan fingerprint density at radius 3 is 2.68 bits per heavy atom. The third-order valence-corrected chi connectivity index (χ3v) is 3.86. The molecule has 0 spiro atoms. The van der Waals surface area contributed by atoms with E-state index in [2.05, 4.69) is 63.3 Å². The van der Waals surface area contributed by atoms with Crippen LogP contribution >= 0.6 is 0 Å².